The van der Waals surface area contributed by atoms with E-state index in [4.69, 9.17) is 9.47 Å². The molecular weight excluding hydrogens is 280 g/mol. The molecule has 0 bridgehead atoms. The third-order valence-electron chi connectivity index (χ3n) is 3.56. The number of rotatable bonds is 5. The summed E-state index contributed by atoms with van der Waals surface area (Å²) in [4.78, 5) is 24.6. The molecular formula is C18H18O4. The lowest BCUT2D eigenvalue weighted by Gasteiger charge is -2.24. The molecule has 0 unspecified atom stereocenters. The summed E-state index contributed by atoms with van der Waals surface area (Å²) in [5, 5.41) is 0. The lowest BCUT2D eigenvalue weighted by Crippen LogP contribution is -2.28. The number of hydrogen-bond acceptors (Lipinski definition) is 4. The van der Waals surface area contributed by atoms with Crippen molar-refractivity contribution >= 4 is 11.9 Å². The van der Waals surface area contributed by atoms with Gasteiger partial charge in [0.1, 0.15) is 0 Å². The van der Waals surface area contributed by atoms with Gasteiger partial charge in [-0.2, -0.15) is 0 Å². The van der Waals surface area contributed by atoms with Gasteiger partial charge in [-0.15, -0.1) is 0 Å². The van der Waals surface area contributed by atoms with Gasteiger partial charge in [0, 0.05) is 0 Å². The predicted molar refractivity (Wildman–Crippen MR) is 82.4 cm³/mol. The molecule has 0 saturated carbocycles. The maximum absolute atomic E-state index is 12.3. The standard InChI is InChI=1S/C18H18O4/c1-21-17(19)15(13-9-5-3-6-10-13)16(18(20)22-2)14-11-7-4-8-12-14/h3-12,15-16H,1-2H3/t15-,16-/m0/s1. The second-order valence-corrected chi connectivity index (χ2v) is 4.82. The van der Waals surface area contributed by atoms with Crippen LogP contribution in [0.1, 0.15) is 23.0 Å². The van der Waals surface area contributed by atoms with Crippen molar-refractivity contribution in [2.75, 3.05) is 14.2 Å². The van der Waals surface area contributed by atoms with Gasteiger partial charge < -0.3 is 9.47 Å². The molecule has 0 heterocycles. The summed E-state index contributed by atoms with van der Waals surface area (Å²) in [5.41, 5.74) is 1.43. The molecule has 0 amide bonds. The van der Waals surface area contributed by atoms with Gasteiger partial charge in [0.15, 0.2) is 0 Å². The summed E-state index contributed by atoms with van der Waals surface area (Å²) in [6.45, 7) is 0. The van der Waals surface area contributed by atoms with Crippen LogP contribution in [0.25, 0.3) is 0 Å². The average Bonchev–Trinajstić information content (AvgIpc) is 2.59. The molecule has 22 heavy (non-hydrogen) atoms. The highest BCUT2D eigenvalue weighted by molar-refractivity contribution is 5.90. The molecule has 0 aromatic heterocycles. The highest BCUT2D eigenvalue weighted by Gasteiger charge is 2.37. The van der Waals surface area contributed by atoms with Gasteiger partial charge in [0.05, 0.1) is 26.1 Å². The number of hydrogen-bond donors (Lipinski definition) is 0. The van der Waals surface area contributed by atoms with E-state index in [2.05, 4.69) is 0 Å². The largest absolute Gasteiger partial charge is 0.469 e. The number of esters is 2. The summed E-state index contributed by atoms with van der Waals surface area (Å²) in [6.07, 6.45) is 0. The van der Waals surface area contributed by atoms with Crippen molar-refractivity contribution in [2.45, 2.75) is 11.8 Å². The van der Waals surface area contributed by atoms with Gasteiger partial charge in [-0.1, -0.05) is 60.7 Å². The number of methoxy groups -OCH3 is 2. The highest BCUT2D eigenvalue weighted by Crippen LogP contribution is 2.35. The fraction of sp³-hybridized carbons (Fsp3) is 0.222. The molecule has 0 radical (unpaired) electrons. The Balaban J connectivity index is 2.54. The molecule has 0 aliphatic rings. The normalized spacial score (nSPS) is 13.0. The van der Waals surface area contributed by atoms with E-state index in [1.807, 2.05) is 36.4 Å². The van der Waals surface area contributed by atoms with Crippen LogP contribution in [0.4, 0.5) is 0 Å². The summed E-state index contributed by atoms with van der Waals surface area (Å²) in [5.74, 6) is -2.43. The zero-order chi connectivity index (χ0) is 15.9. The Bertz CT molecular complexity index is 565. The molecule has 0 saturated heterocycles. The first-order valence-electron chi connectivity index (χ1n) is 6.94. The zero-order valence-corrected chi connectivity index (χ0v) is 12.6. The van der Waals surface area contributed by atoms with Crippen molar-refractivity contribution in [3.05, 3.63) is 71.8 Å². The second-order valence-electron chi connectivity index (χ2n) is 4.82. The second kappa shape index (κ2) is 7.41. The van der Waals surface area contributed by atoms with Gasteiger partial charge in [-0.25, -0.2) is 0 Å². The van der Waals surface area contributed by atoms with Crippen molar-refractivity contribution < 1.29 is 19.1 Å². The molecule has 0 N–H and O–H groups in total. The van der Waals surface area contributed by atoms with Crippen molar-refractivity contribution in [3.8, 4) is 0 Å². The lowest BCUT2D eigenvalue weighted by molar-refractivity contribution is -0.150. The van der Waals surface area contributed by atoms with Gasteiger partial charge >= 0.3 is 11.9 Å². The van der Waals surface area contributed by atoms with Gasteiger partial charge in [0.2, 0.25) is 0 Å². The Labute approximate surface area is 129 Å². The molecule has 2 atom stereocenters. The van der Waals surface area contributed by atoms with Crippen LogP contribution < -0.4 is 0 Å². The molecule has 4 nitrogen and oxygen atoms in total. The van der Waals surface area contributed by atoms with Crippen LogP contribution in [0, 0.1) is 0 Å². The minimum Gasteiger partial charge on any atom is -0.469 e. The van der Waals surface area contributed by atoms with E-state index >= 15 is 0 Å². The Morgan fingerprint density at radius 1 is 0.682 bits per heavy atom. The van der Waals surface area contributed by atoms with Gasteiger partial charge in [-0.3, -0.25) is 9.59 Å². The smallest absolute Gasteiger partial charge is 0.314 e. The summed E-state index contributed by atoms with van der Waals surface area (Å²) >= 11 is 0. The molecule has 2 rings (SSSR count). The summed E-state index contributed by atoms with van der Waals surface area (Å²) in [6, 6.07) is 18.2. The van der Waals surface area contributed by atoms with Crippen molar-refractivity contribution in [1.29, 1.82) is 0 Å². The molecule has 2 aromatic rings. The summed E-state index contributed by atoms with van der Waals surface area (Å²) in [7, 11) is 2.63. The Hall–Kier alpha value is -2.62. The predicted octanol–water partition coefficient (Wildman–Crippen LogP) is 2.90. The Morgan fingerprint density at radius 3 is 1.27 bits per heavy atom. The van der Waals surface area contributed by atoms with Crippen LogP contribution in [0.2, 0.25) is 0 Å². The first kappa shape index (κ1) is 15.8. The lowest BCUT2D eigenvalue weighted by atomic mass is 9.81. The average molecular weight is 298 g/mol. The number of benzene rings is 2. The molecule has 0 fully saturated rings. The van der Waals surface area contributed by atoms with E-state index < -0.39 is 23.8 Å². The Kier molecular flexibility index (Phi) is 5.31. The topological polar surface area (TPSA) is 52.6 Å². The van der Waals surface area contributed by atoms with Crippen LogP contribution in [0.15, 0.2) is 60.7 Å². The minimum atomic E-state index is -0.749. The van der Waals surface area contributed by atoms with Crippen molar-refractivity contribution in [3.63, 3.8) is 0 Å². The van der Waals surface area contributed by atoms with E-state index in [1.165, 1.54) is 14.2 Å². The molecule has 0 aliphatic heterocycles. The van der Waals surface area contributed by atoms with E-state index in [0.717, 1.165) is 0 Å². The van der Waals surface area contributed by atoms with Crippen molar-refractivity contribution in [1.82, 2.24) is 0 Å². The van der Waals surface area contributed by atoms with E-state index in [9.17, 15) is 9.59 Å². The van der Waals surface area contributed by atoms with E-state index in [1.54, 1.807) is 24.3 Å². The molecule has 114 valence electrons. The first-order chi connectivity index (χ1) is 10.7. The highest BCUT2D eigenvalue weighted by atomic mass is 16.5. The molecule has 4 heteroatoms. The third-order valence-corrected chi connectivity index (χ3v) is 3.56. The quantitative estimate of drug-likeness (QED) is 0.796. The van der Waals surface area contributed by atoms with E-state index in [0.29, 0.717) is 11.1 Å². The zero-order valence-electron chi connectivity index (χ0n) is 12.6. The maximum Gasteiger partial charge on any atom is 0.314 e. The number of ether oxygens (including phenoxy) is 2. The number of carbonyl (C=O) groups excluding carboxylic acids is 2. The van der Waals surface area contributed by atoms with Crippen LogP contribution in [0.5, 0.6) is 0 Å². The van der Waals surface area contributed by atoms with Crippen LogP contribution in [0.3, 0.4) is 0 Å². The fourth-order valence-electron chi connectivity index (χ4n) is 2.50. The number of carbonyl (C=O) groups is 2. The molecule has 0 spiro atoms. The SMILES string of the molecule is COC(=O)[C@@H](c1ccccc1)[C@@H](C(=O)OC)c1ccccc1. The fourth-order valence-corrected chi connectivity index (χ4v) is 2.50. The van der Waals surface area contributed by atoms with Crippen molar-refractivity contribution in [2.24, 2.45) is 0 Å². The Morgan fingerprint density at radius 2 is 1.00 bits per heavy atom. The first-order valence-corrected chi connectivity index (χ1v) is 6.94. The third kappa shape index (κ3) is 3.34. The molecule has 0 aliphatic carbocycles. The summed E-state index contributed by atoms with van der Waals surface area (Å²) < 4.78 is 9.83. The van der Waals surface area contributed by atoms with Gasteiger partial charge in [0.25, 0.3) is 0 Å². The molecule has 2 aromatic carbocycles. The van der Waals surface area contributed by atoms with Crippen LogP contribution >= 0.6 is 0 Å². The van der Waals surface area contributed by atoms with Gasteiger partial charge in [-0.05, 0) is 11.1 Å². The van der Waals surface area contributed by atoms with Crippen LogP contribution in [-0.4, -0.2) is 26.2 Å². The maximum atomic E-state index is 12.3. The van der Waals surface area contributed by atoms with Crippen LogP contribution in [-0.2, 0) is 19.1 Å². The minimum absolute atomic E-state index is 0.467. The monoisotopic (exact) mass is 298 g/mol. The van der Waals surface area contributed by atoms with E-state index in [-0.39, 0.29) is 0 Å².